The summed E-state index contributed by atoms with van der Waals surface area (Å²) in [5.41, 5.74) is 6.46. The van der Waals surface area contributed by atoms with E-state index < -0.39 is 0 Å². The summed E-state index contributed by atoms with van der Waals surface area (Å²) in [4.78, 5) is 12.7. The number of rotatable bonds is 13. The van der Waals surface area contributed by atoms with Gasteiger partial charge < -0.3 is 4.74 Å². The second-order valence-corrected chi connectivity index (χ2v) is 9.45. The molecule has 2 nitrogen and oxygen atoms in total. The van der Waals surface area contributed by atoms with Gasteiger partial charge in [0.1, 0.15) is 0 Å². The van der Waals surface area contributed by atoms with Crippen LogP contribution in [0.1, 0.15) is 81.6 Å². The Morgan fingerprint density at radius 1 is 0.765 bits per heavy atom. The highest BCUT2D eigenvalue weighted by molar-refractivity contribution is 5.94. The van der Waals surface area contributed by atoms with E-state index in [0.29, 0.717) is 18.1 Å². The molecule has 0 aliphatic rings. The van der Waals surface area contributed by atoms with Gasteiger partial charge in [0, 0.05) is 0 Å². The van der Waals surface area contributed by atoms with Crippen molar-refractivity contribution < 1.29 is 9.53 Å². The van der Waals surface area contributed by atoms with Gasteiger partial charge in [0.15, 0.2) is 0 Å². The number of carbonyl (C=O) groups excluding carboxylic acids is 1. The van der Waals surface area contributed by atoms with Crippen LogP contribution >= 0.6 is 0 Å². The summed E-state index contributed by atoms with van der Waals surface area (Å²) in [7, 11) is 0. The maximum atomic E-state index is 12.7. The number of benzene rings is 3. The fourth-order valence-corrected chi connectivity index (χ4v) is 4.16. The van der Waals surface area contributed by atoms with Gasteiger partial charge in [-0.25, -0.2) is 4.79 Å². The Kier molecular flexibility index (Phi) is 10.4. The third-order valence-electron chi connectivity index (χ3n) is 6.62. The first-order chi connectivity index (χ1) is 16.6. The molecule has 0 spiro atoms. The molecular formula is C32H40O2. The molecule has 0 bridgehead atoms. The minimum Gasteiger partial charge on any atom is -0.462 e. The summed E-state index contributed by atoms with van der Waals surface area (Å²) in [5, 5.41) is 0. The molecule has 0 radical (unpaired) electrons. The maximum absolute atomic E-state index is 12.7. The number of ether oxygens (including phenoxy) is 1. The smallest absolute Gasteiger partial charge is 0.338 e. The van der Waals surface area contributed by atoms with Crippen LogP contribution in [0.15, 0.2) is 72.8 Å². The first-order valence-corrected chi connectivity index (χ1v) is 13.1. The molecule has 180 valence electrons. The largest absolute Gasteiger partial charge is 0.462 e. The van der Waals surface area contributed by atoms with Crippen molar-refractivity contribution in [3.63, 3.8) is 0 Å². The van der Waals surface area contributed by atoms with Crippen LogP contribution in [0.5, 0.6) is 0 Å². The average molecular weight is 457 g/mol. The number of hydrogen-bond donors (Lipinski definition) is 0. The summed E-state index contributed by atoms with van der Waals surface area (Å²) >= 11 is 0. The SMILES string of the molecule is CCCCCCCCc1ccc(-c2ccc(C(=O)OCC(C)CC)cc2-c2ccccc2)cc1. The lowest BCUT2D eigenvalue weighted by molar-refractivity contribution is 0.0447. The van der Waals surface area contributed by atoms with Gasteiger partial charge in [-0.05, 0) is 58.7 Å². The molecule has 1 atom stereocenters. The van der Waals surface area contributed by atoms with Gasteiger partial charge >= 0.3 is 5.97 Å². The van der Waals surface area contributed by atoms with E-state index in [1.807, 2.05) is 30.3 Å². The molecule has 0 aliphatic carbocycles. The van der Waals surface area contributed by atoms with Crippen molar-refractivity contribution in [2.24, 2.45) is 5.92 Å². The Morgan fingerprint density at radius 3 is 2.15 bits per heavy atom. The maximum Gasteiger partial charge on any atom is 0.338 e. The molecule has 3 aromatic carbocycles. The van der Waals surface area contributed by atoms with Crippen molar-refractivity contribution >= 4 is 5.97 Å². The van der Waals surface area contributed by atoms with Crippen molar-refractivity contribution in [2.75, 3.05) is 6.61 Å². The van der Waals surface area contributed by atoms with Crippen LogP contribution in [0, 0.1) is 5.92 Å². The molecule has 0 heterocycles. The normalized spacial score (nSPS) is 11.9. The lowest BCUT2D eigenvalue weighted by atomic mass is 9.92. The molecule has 0 aromatic heterocycles. The van der Waals surface area contributed by atoms with E-state index in [0.717, 1.165) is 29.5 Å². The lowest BCUT2D eigenvalue weighted by Gasteiger charge is -2.14. The molecular weight excluding hydrogens is 416 g/mol. The van der Waals surface area contributed by atoms with Gasteiger partial charge in [0.05, 0.1) is 12.2 Å². The number of esters is 1. The van der Waals surface area contributed by atoms with Gasteiger partial charge in [-0.1, -0.05) is 120 Å². The Hall–Kier alpha value is -2.87. The first-order valence-electron chi connectivity index (χ1n) is 13.1. The summed E-state index contributed by atoms with van der Waals surface area (Å²) in [5.74, 6) is 0.116. The molecule has 3 aromatic rings. The number of unbranched alkanes of at least 4 members (excludes halogenated alkanes) is 5. The highest BCUT2D eigenvalue weighted by Gasteiger charge is 2.14. The molecule has 0 saturated heterocycles. The molecule has 0 aliphatic heterocycles. The van der Waals surface area contributed by atoms with Gasteiger partial charge in [0.25, 0.3) is 0 Å². The predicted octanol–water partition coefficient (Wildman–Crippen LogP) is 9.13. The van der Waals surface area contributed by atoms with Crippen molar-refractivity contribution in [2.45, 2.75) is 72.1 Å². The van der Waals surface area contributed by atoms with Crippen molar-refractivity contribution in [1.82, 2.24) is 0 Å². The predicted molar refractivity (Wildman–Crippen MR) is 144 cm³/mol. The highest BCUT2D eigenvalue weighted by atomic mass is 16.5. The first kappa shape index (κ1) is 25.7. The Morgan fingerprint density at radius 2 is 1.44 bits per heavy atom. The molecule has 3 rings (SSSR count). The second kappa shape index (κ2) is 13.7. The van der Waals surface area contributed by atoms with E-state index >= 15 is 0 Å². The monoisotopic (exact) mass is 456 g/mol. The summed E-state index contributed by atoms with van der Waals surface area (Å²) in [6.07, 6.45) is 10.1. The van der Waals surface area contributed by atoms with Crippen LogP contribution in [-0.4, -0.2) is 12.6 Å². The van der Waals surface area contributed by atoms with Gasteiger partial charge in [-0.2, -0.15) is 0 Å². The quantitative estimate of drug-likeness (QED) is 0.189. The van der Waals surface area contributed by atoms with Gasteiger partial charge in [-0.15, -0.1) is 0 Å². The Balaban J connectivity index is 1.77. The Labute approximate surface area is 206 Å². The standard InChI is InChI=1S/C32H40O2/c1-4-6-7-8-9-11-14-26-17-19-28(20-18-26)30-22-21-29(32(33)34-24-25(3)5-2)23-31(30)27-15-12-10-13-16-27/h10,12-13,15-23,25H,4-9,11,14,24H2,1-3H3. The minimum atomic E-state index is -0.252. The van der Waals surface area contributed by atoms with Gasteiger partial charge in [0.2, 0.25) is 0 Å². The number of aryl methyl sites for hydroxylation is 1. The topological polar surface area (TPSA) is 26.3 Å². The van der Waals surface area contributed by atoms with Crippen LogP contribution in [0.3, 0.4) is 0 Å². The summed E-state index contributed by atoms with van der Waals surface area (Å²) < 4.78 is 5.56. The fourth-order valence-electron chi connectivity index (χ4n) is 4.16. The molecule has 34 heavy (non-hydrogen) atoms. The van der Waals surface area contributed by atoms with E-state index in [4.69, 9.17) is 4.74 Å². The van der Waals surface area contributed by atoms with Crippen LogP contribution in [0.25, 0.3) is 22.3 Å². The van der Waals surface area contributed by atoms with E-state index in [2.05, 4.69) is 63.2 Å². The van der Waals surface area contributed by atoms with Crippen LogP contribution in [0.2, 0.25) is 0 Å². The van der Waals surface area contributed by atoms with Crippen molar-refractivity contribution in [3.05, 3.63) is 83.9 Å². The van der Waals surface area contributed by atoms with E-state index in [-0.39, 0.29) is 5.97 Å². The molecule has 0 fully saturated rings. The van der Waals surface area contributed by atoms with Crippen LogP contribution in [-0.2, 0) is 11.2 Å². The zero-order chi connectivity index (χ0) is 24.2. The second-order valence-electron chi connectivity index (χ2n) is 9.45. The minimum absolute atomic E-state index is 0.252. The van der Waals surface area contributed by atoms with Crippen LogP contribution in [0.4, 0.5) is 0 Å². The lowest BCUT2D eigenvalue weighted by Crippen LogP contribution is -2.11. The molecule has 0 amide bonds. The van der Waals surface area contributed by atoms with E-state index in [1.165, 1.54) is 49.7 Å². The summed E-state index contributed by atoms with van der Waals surface area (Å²) in [6.45, 7) is 6.93. The molecule has 1 unspecified atom stereocenters. The Bertz CT molecular complexity index is 1000. The molecule has 0 N–H and O–H groups in total. The number of carbonyl (C=O) groups is 1. The van der Waals surface area contributed by atoms with Gasteiger partial charge in [-0.3, -0.25) is 0 Å². The van der Waals surface area contributed by atoms with Crippen molar-refractivity contribution in [1.29, 1.82) is 0 Å². The summed E-state index contributed by atoms with van der Waals surface area (Å²) in [6, 6.07) is 25.2. The van der Waals surface area contributed by atoms with E-state index in [9.17, 15) is 4.79 Å². The zero-order valence-electron chi connectivity index (χ0n) is 21.2. The average Bonchev–Trinajstić information content (AvgIpc) is 2.89. The van der Waals surface area contributed by atoms with E-state index in [1.54, 1.807) is 0 Å². The van der Waals surface area contributed by atoms with Crippen LogP contribution < -0.4 is 0 Å². The number of hydrogen-bond acceptors (Lipinski definition) is 2. The fraction of sp³-hybridized carbons (Fsp3) is 0.406. The third-order valence-corrected chi connectivity index (χ3v) is 6.62. The molecule has 0 saturated carbocycles. The third kappa shape index (κ3) is 7.58. The zero-order valence-corrected chi connectivity index (χ0v) is 21.2. The molecule has 2 heteroatoms. The van der Waals surface area contributed by atoms with Crippen molar-refractivity contribution in [3.8, 4) is 22.3 Å². The highest BCUT2D eigenvalue weighted by Crippen LogP contribution is 2.33.